The van der Waals surface area contributed by atoms with Crippen LogP contribution in [0.2, 0.25) is 0 Å². The first-order valence-electron chi connectivity index (χ1n) is 7.18. The Labute approximate surface area is 119 Å². The van der Waals surface area contributed by atoms with Gasteiger partial charge in [-0.3, -0.25) is 4.79 Å². The molecule has 6 heteroatoms. The summed E-state index contributed by atoms with van der Waals surface area (Å²) in [5.74, 6) is -1.31. The normalized spacial score (nSPS) is 33.1. The number of amides is 1. The van der Waals surface area contributed by atoms with Gasteiger partial charge in [0.1, 0.15) is 11.6 Å². The molecule has 2 aliphatic carbocycles. The van der Waals surface area contributed by atoms with Gasteiger partial charge in [0.25, 0.3) is 0 Å². The Bertz CT molecular complexity index is 419. The number of hydrogen-bond acceptors (Lipinski definition) is 4. The number of rotatable bonds is 6. The summed E-state index contributed by atoms with van der Waals surface area (Å²) in [7, 11) is 0. The minimum atomic E-state index is -1.06. The number of ether oxygens (including phenoxy) is 1. The zero-order chi connectivity index (χ0) is 15.1. The Balaban J connectivity index is 2.03. The lowest BCUT2D eigenvalue weighted by molar-refractivity contribution is -0.172. The molecule has 0 radical (unpaired) electrons. The van der Waals surface area contributed by atoms with Crippen molar-refractivity contribution in [3.63, 3.8) is 0 Å². The summed E-state index contributed by atoms with van der Waals surface area (Å²) in [6, 6.07) is -0.815. The lowest BCUT2D eigenvalue weighted by Gasteiger charge is -2.57. The molecule has 2 saturated carbocycles. The number of nitrogens with two attached hydrogens (primary N) is 1. The van der Waals surface area contributed by atoms with E-state index in [1.54, 1.807) is 0 Å². The number of hydrogen-bond donors (Lipinski definition) is 3. The Morgan fingerprint density at radius 2 is 2.05 bits per heavy atom. The molecule has 0 aromatic rings. The first-order valence-corrected chi connectivity index (χ1v) is 7.18. The van der Waals surface area contributed by atoms with Crippen molar-refractivity contribution in [2.45, 2.75) is 57.7 Å². The Morgan fingerprint density at radius 3 is 2.45 bits per heavy atom. The predicted molar refractivity (Wildman–Crippen MR) is 73.0 cm³/mol. The molecule has 6 nitrogen and oxygen atoms in total. The molecule has 1 amide bonds. The minimum Gasteiger partial charge on any atom is -0.480 e. The summed E-state index contributed by atoms with van der Waals surface area (Å²) in [5, 5.41) is 11.8. The van der Waals surface area contributed by atoms with Crippen LogP contribution in [0, 0.1) is 11.3 Å². The van der Waals surface area contributed by atoms with Crippen molar-refractivity contribution in [1.29, 1.82) is 0 Å². The topological polar surface area (TPSA) is 102 Å². The largest absolute Gasteiger partial charge is 0.480 e. The molecule has 0 spiro atoms. The zero-order valence-corrected chi connectivity index (χ0v) is 12.3. The maximum atomic E-state index is 12.4. The van der Waals surface area contributed by atoms with Crippen molar-refractivity contribution in [3.05, 3.63) is 0 Å². The van der Waals surface area contributed by atoms with E-state index in [-0.39, 0.29) is 17.9 Å². The minimum absolute atomic E-state index is 0.0472. The molecule has 0 saturated heterocycles. The maximum absolute atomic E-state index is 12.4. The third kappa shape index (κ3) is 2.31. The second kappa shape index (κ2) is 5.00. The van der Waals surface area contributed by atoms with E-state index in [1.165, 1.54) is 0 Å². The van der Waals surface area contributed by atoms with Gasteiger partial charge in [0.05, 0.1) is 6.10 Å². The lowest BCUT2D eigenvalue weighted by atomic mass is 9.54. The van der Waals surface area contributed by atoms with Gasteiger partial charge < -0.3 is 20.9 Å². The van der Waals surface area contributed by atoms with Crippen LogP contribution >= 0.6 is 0 Å². The van der Waals surface area contributed by atoms with Gasteiger partial charge in [-0.1, -0.05) is 13.8 Å². The van der Waals surface area contributed by atoms with Crippen LogP contribution in [0.5, 0.6) is 0 Å². The van der Waals surface area contributed by atoms with E-state index in [4.69, 9.17) is 10.5 Å². The van der Waals surface area contributed by atoms with Crippen LogP contribution in [0.3, 0.4) is 0 Å². The Hall–Kier alpha value is -1.14. The van der Waals surface area contributed by atoms with Gasteiger partial charge in [-0.2, -0.15) is 0 Å². The first kappa shape index (κ1) is 15.3. The number of carbonyl (C=O) groups is 2. The molecule has 0 aliphatic heterocycles. The number of aliphatic carboxylic acids is 1. The molecule has 4 N–H and O–H groups in total. The van der Waals surface area contributed by atoms with Crippen LogP contribution in [0.1, 0.15) is 40.0 Å². The van der Waals surface area contributed by atoms with E-state index in [1.807, 2.05) is 20.8 Å². The fourth-order valence-electron chi connectivity index (χ4n) is 2.90. The molecule has 2 fully saturated rings. The molecule has 3 atom stereocenters. The summed E-state index contributed by atoms with van der Waals surface area (Å²) in [6.45, 7) is 6.26. The third-order valence-corrected chi connectivity index (χ3v) is 4.88. The standard InChI is InChI=1S/C14H24N2O4/c1-4-20-9-7-14(15,13(9,2)3)12(19)16-10(11(17)18)8-5-6-8/h8-10H,4-7,15H2,1-3H3,(H,16,19)(H,17,18). The molecule has 114 valence electrons. The highest BCUT2D eigenvalue weighted by Crippen LogP contribution is 2.50. The predicted octanol–water partition coefficient (Wildman–Crippen LogP) is 0.498. The summed E-state index contributed by atoms with van der Waals surface area (Å²) >= 11 is 0. The Kier molecular flexibility index (Phi) is 3.81. The first-order chi connectivity index (χ1) is 9.24. The molecular weight excluding hydrogens is 260 g/mol. The highest BCUT2D eigenvalue weighted by molar-refractivity contribution is 5.92. The lowest BCUT2D eigenvalue weighted by Crippen LogP contribution is -2.76. The molecule has 3 unspecified atom stereocenters. The second-order valence-corrected chi connectivity index (χ2v) is 6.47. The fraction of sp³-hybridized carbons (Fsp3) is 0.857. The van der Waals surface area contributed by atoms with Crippen LogP contribution in [-0.2, 0) is 14.3 Å². The number of carboxylic acid groups (broad SMARTS) is 1. The molecule has 2 rings (SSSR count). The molecule has 20 heavy (non-hydrogen) atoms. The Morgan fingerprint density at radius 1 is 1.45 bits per heavy atom. The van der Waals surface area contributed by atoms with Crippen molar-refractivity contribution in [2.75, 3.05) is 6.61 Å². The molecular formula is C14H24N2O4. The van der Waals surface area contributed by atoms with Gasteiger partial charge in [-0.15, -0.1) is 0 Å². The molecule has 0 bridgehead atoms. The van der Waals surface area contributed by atoms with E-state index in [9.17, 15) is 14.7 Å². The van der Waals surface area contributed by atoms with Crippen LogP contribution in [0.25, 0.3) is 0 Å². The monoisotopic (exact) mass is 284 g/mol. The van der Waals surface area contributed by atoms with E-state index in [0.717, 1.165) is 12.8 Å². The summed E-state index contributed by atoms with van der Waals surface area (Å²) in [5.41, 5.74) is 4.67. The summed E-state index contributed by atoms with van der Waals surface area (Å²) < 4.78 is 5.57. The van der Waals surface area contributed by atoms with Crippen molar-refractivity contribution in [1.82, 2.24) is 5.32 Å². The van der Waals surface area contributed by atoms with Gasteiger partial charge in [0.2, 0.25) is 5.91 Å². The second-order valence-electron chi connectivity index (χ2n) is 6.47. The fourth-order valence-corrected chi connectivity index (χ4v) is 2.90. The van der Waals surface area contributed by atoms with Crippen molar-refractivity contribution >= 4 is 11.9 Å². The number of carboxylic acids is 1. The summed E-state index contributed by atoms with van der Waals surface area (Å²) in [6.07, 6.45) is 2.06. The average molecular weight is 284 g/mol. The molecule has 0 heterocycles. The SMILES string of the molecule is CCOC1CC(N)(C(=O)NC(C(=O)O)C2CC2)C1(C)C. The van der Waals surface area contributed by atoms with E-state index in [0.29, 0.717) is 13.0 Å². The molecule has 0 aromatic carbocycles. The molecule has 2 aliphatic rings. The average Bonchev–Trinajstić information content (AvgIpc) is 3.18. The van der Waals surface area contributed by atoms with Crippen molar-refractivity contribution < 1.29 is 19.4 Å². The van der Waals surface area contributed by atoms with E-state index in [2.05, 4.69) is 5.32 Å². The van der Waals surface area contributed by atoms with Crippen molar-refractivity contribution in [2.24, 2.45) is 17.1 Å². The van der Waals surface area contributed by atoms with E-state index >= 15 is 0 Å². The maximum Gasteiger partial charge on any atom is 0.326 e. The van der Waals surface area contributed by atoms with Crippen LogP contribution in [-0.4, -0.2) is 41.3 Å². The summed E-state index contributed by atoms with van der Waals surface area (Å²) in [4.78, 5) is 23.6. The smallest absolute Gasteiger partial charge is 0.326 e. The van der Waals surface area contributed by atoms with Crippen LogP contribution in [0.15, 0.2) is 0 Å². The highest BCUT2D eigenvalue weighted by atomic mass is 16.5. The third-order valence-electron chi connectivity index (χ3n) is 4.88. The van der Waals surface area contributed by atoms with Gasteiger partial charge in [-0.05, 0) is 25.7 Å². The quantitative estimate of drug-likeness (QED) is 0.659. The van der Waals surface area contributed by atoms with E-state index < -0.39 is 23.0 Å². The van der Waals surface area contributed by atoms with Crippen LogP contribution in [0.4, 0.5) is 0 Å². The number of carbonyl (C=O) groups excluding carboxylic acids is 1. The van der Waals surface area contributed by atoms with Gasteiger partial charge >= 0.3 is 5.97 Å². The van der Waals surface area contributed by atoms with Gasteiger partial charge in [-0.25, -0.2) is 4.79 Å². The molecule has 0 aromatic heterocycles. The zero-order valence-electron chi connectivity index (χ0n) is 12.3. The highest BCUT2D eigenvalue weighted by Gasteiger charge is 2.63. The van der Waals surface area contributed by atoms with Gasteiger partial charge in [0, 0.05) is 18.4 Å². The van der Waals surface area contributed by atoms with Gasteiger partial charge in [0.15, 0.2) is 0 Å². The van der Waals surface area contributed by atoms with Crippen LogP contribution < -0.4 is 11.1 Å². The number of nitrogens with one attached hydrogen (secondary N) is 1. The van der Waals surface area contributed by atoms with Crippen molar-refractivity contribution in [3.8, 4) is 0 Å².